The van der Waals surface area contributed by atoms with Crippen LogP contribution in [0, 0.1) is 0 Å². The summed E-state index contributed by atoms with van der Waals surface area (Å²) in [6, 6.07) is 7.92. The lowest BCUT2D eigenvalue weighted by Crippen LogP contribution is -2.24. The van der Waals surface area contributed by atoms with Crippen molar-refractivity contribution in [1.29, 1.82) is 0 Å². The van der Waals surface area contributed by atoms with Crippen molar-refractivity contribution in [2.75, 3.05) is 26.0 Å². The Morgan fingerprint density at radius 3 is 2.75 bits per heavy atom. The maximum Gasteiger partial charge on any atom is 0.240 e. The van der Waals surface area contributed by atoms with Gasteiger partial charge in [-0.05, 0) is 24.7 Å². The summed E-state index contributed by atoms with van der Waals surface area (Å²) in [5, 5.41) is 6.18. The highest BCUT2D eigenvalue weighted by Crippen LogP contribution is 2.22. The number of anilines is 1. The monoisotopic (exact) mass is 291 g/mol. The molecule has 0 fully saturated rings. The fourth-order valence-corrected chi connectivity index (χ4v) is 2.58. The molecule has 0 saturated carbocycles. The fourth-order valence-electron chi connectivity index (χ4n) is 1.72. The third-order valence-electron chi connectivity index (χ3n) is 2.67. The number of carbonyl (C=O) groups excluding carboxylic acids is 1. The van der Waals surface area contributed by atoms with Gasteiger partial charge in [0.15, 0.2) is 5.13 Å². The third-order valence-corrected chi connectivity index (χ3v) is 3.59. The Labute approximate surface area is 122 Å². The molecule has 0 spiro atoms. The van der Waals surface area contributed by atoms with Gasteiger partial charge in [0.1, 0.15) is 5.75 Å². The van der Waals surface area contributed by atoms with Gasteiger partial charge in [0.2, 0.25) is 5.91 Å². The topological polar surface area (TPSA) is 63.2 Å². The van der Waals surface area contributed by atoms with Gasteiger partial charge >= 0.3 is 0 Å². The van der Waals surface area contributed by atoms with E-state index in [-0.39, 0.29) is 12.5 Å². The van der Waals surface area contributed by atoms with Crippen LogP contribution in [0.5, 0.6) is 5.75 Å². The molecular formula is C14H17N3O2S. The molecule has 1 aromatic carbocycles. The fraction of sp³-hybridized carbons (Fsp3) is 0.286. The number of benzene rings is 1. The predicted molar refractivity (Wildman–Crippen MR) is 80.5 cm³/mol. The van der Waals surface area contributed by atoms with Crippen LogP contribution >= 0.6 is 11.3 Å². The zero-order valence-corrected chi connectivity index (χ0v) is 12.3. The molecule has 1 amide bonds. The van der Waals surface area contributed by atoms with Crippen molar-refractivity contribution in [1.82, 2.24) is 10.3 Å². The van der Waals surface area contributed by atoms with Crippen LogP contribution in [-0.4, -0.2) is 31.6 Å². The normalized spacial score (nSPS) is 10.3. The summed E-state index contributed by atoms with van der Waals surface area (Å²) in [6.45, 7) is 0.285. The van der Waals surface area contributed by atoms with Gasteiger partial charge in [0, 0.05) is 17.5 Å². The van der Waals surface area contributed by atoms with Crippen molar-refractivity contribution in [3.05, 3.63) is 40.9 Å². The second-order valence-corrected chi connectivity index (χ2v) is 5.35. The molecule has 0 aliphatic rings. The van der Waals surface area contributed by atoms with Crippen molar-refractivity contribution in [3.63, 3.8) is 0 Å². The molecule has 2 aromatic rings. The lowest BCUT2D eigenvalue weighted by molar-refractivity contribution is -0.115. The number of likely N-dealkylation sites (N-methyl/N-ethyl adjacent to an activating group) is 1. The van der Waals surface area contributed by atoms with Gasteiger partial charge in [-0.25, -0.2) is 4.98 Å². The quantitative estimate of drug-likeness (QED) is 0.853. The molecular weight excluding hydrogens is 274 g/mol. The Bertz CT molecular complexity index is 566. The number of nitrogens with one attached hydrogen (secondary N) is 2. The van der Waals surface area contributed by atoms with Crippen molar-refractivity contribution in [3.8, 4) is 5.75 Å². The summed E-state index contributed by atoms with van der Waals surface area (Å²) < 4.78 is 5.13. The van der Waals surface area contributed by atoms with E-state index in [9.17, 15) is 4.79 Å². The number of ether oxygens (including phenoxy) is 1. The molecule has 2 rings (SSSR count). The van der Waals surface area contributed by atoms with Crippen LogP contribution in [0.4, 0.5) is 5.13 Å². The zero-order chi connectivity index (χ0) is 14.4. The van der Waals surface area contributed by atoms with E-state index in [1.807, 2.05) is 24.3 Å². The predicted octanol–water partition coefficient (Wildman–Crippen LogP) is 1.90. The minimum absolute atomic E-state index is 0.0853. The SMILES string of the molecule is CNCC(=O)Nc1ncc(Cc2ccc(OC)cc2)s1. The lowest BCUT2D eigenvalue weighted by Gasteiger charge is -2.01. The Morgan fingerprint density at radius 1 is 1.35 bits per heavy atom. The summed E-state index contributed by atoms with van der Waals surface area (Å²) in [5.74, 6) is 0.760. The van der Waals surface area contributed by atoms with E-state index < -0.39 is 0 Å². The standard InChI is InChI=1S/C14H17N3O2S/c1-15-9-13(18)17-14-16-8-12(20-14)7-10-3-5-11(19-2)6-4-10/h3-6,8,15H,7,9H2,1-2H3,(H,16,17,18). The molecule has 20 heavy (non-hydrogen) atoms. The number of rotatable bonds is 6. The smallest absolute Gasteiger partial charge is 0.240 e. The van der Waals surface area contributed by atoms with E-state index in [0.717, 1.165) is 17.0 Å². The Balaban J connectivity index is 1.96. The van der Waals surface area contributed by atoms with Crippen molar-refractivity contribution < 1.29 is 9.53 Å². The second kappa shape index (κ2) is 7.02. The van der Waals surface area contributed by atoms with Gasteiger partial charge in [0.05, 0.1) is 13.7 Å². The Morgan fingerprint density at radius 2 is 2.10 bits per heavy atom. The van der Waals surface area contributed by atoms with Gasteiger partial charge in [-0.1, -0.05) is 12.1 Å². The molecule has 2 N–H and O–H groups in total. The van der Waals surface area contributed by atoms with Crippen LogP contribution in [0.2, 0.25) is 0 Å². The first kappa shape index (κ1) is 14.5. The first-order valence-corrected chi connectivity index (χ1v) is 7.05. The van der Waals surface area contributed by atoms with Crippen molar-refractivity contribution in [2.45, 2.75) is 6.42 Å². The van der Waals surface area contributed by atoms with Gasteiger partial charge in [-0.3, -0.25) is 4.79 Å². The number of methoxy groups -OCH3 is 1. The number of amides is 1. The first-order chi connectivity index (χ1) is 9.71. The maximum absolute atomic E-state index is 11.4. The highest BCUT2D eigenvalue weighted by molar-refractivity contribution is 7.15. The Kier molecular flexibility index (Phi) is 5.09. The first-order valence-electron chi connectivity index (χ1n) is 6.23. The zero-order valence-electron chi connectivity index (χ0n) is 11.5. The molecule has 1 heterocycles. The van der Waals surface area contributed by atoms with Gasteiger partial charge in [-0.2, -0.15) is 0 Å². The molecule has 106 valence electrons. The number of thiazole rings is 1. The molecule has 0 aliphatic heterocycles. The van der Waals surface area contributed by atoms with E-state index in [1.165, 1.54) is 16.9 Å². The number of hydrogen-bond donors (Lipinski definition) is 2. The number of aromatic nitrogens is 1. The van der Waals surface area contributed by atoms with E-state index in [0.29, 0.717) is 5.13 Å². The molecule has 0 atom stereocenters. The van der Waals surface area contributed by atoms with Gasteiger partial charge in [-0.15, -0.1) is 11.3 Å². The average Bonchev–Trinajstić information content (AvgIpc) is 2.87. The van der Waals surface area contributed by atoms with Crippen LogP contribution in [-0.2, 0) is 11.2 Å². The highest BCUT2D eigenvalue weighted by Gasteiger charge is 2.06. The summed E-state index contributed by atoms with van der Waals surface area (Å²) in [4.78, 5) is 16.7. The van der Waals surface area contributed by atoms with Crippen molar-refractivity contribution in [2.24, 2.45) is 0 Å². The average molecular weight is 291 g/mol. The summed E-state index contributed by atoms with van der Waals surface area (Å²) >= 11 is 1.49. The van der Waals surface area contributed by atoms with E-state index in [2.05, 4.69) is 15.6 Å². The summed E-state index contributed by atoms with van der Waals surface area (Å²) in [5.41, 5.74) is 1.18. The minimum Gasteiger partial charge on any atom is -0.497 e. The van der Waals surface area contributed by atoms with Crippen LogP contribution < -0.4 is 15.4 Å². The van der Waals surface area contributed by atoms with Crippen LogP contribution in [0.3, 0.4) is 0 Å². The summed E-state index contributed by atoms with van der Waals surface area (Å²) in [6.07, 6.45) is 2.59. The molecule has 0 unspecified atom stereocenters. The molecule has 1 aromatic heterocycles. The molecule has 0 bridgehead atoms. The number of nitrogens with zero attached hydrogens (tertiary/aromatic N) is 1. The van der Waals surface area contributed by atoms with Gasteiger partial charge in [0.25, 0.3) is 0 Å². The maximum atomic E-state index is 11.4. The molecule has 0 aliphatic carbocycles. The Hall–Kier alpha value is -1.92. The van der Waals surface area contributed by atoms with Crippen molar-refractivity contribution >= 4 is 22.4 Å². The third kappa shape index (κ3) is 4.04. The molecule has 0 radical (unpaired) electrons. The van der Waals surface area contributed by atoms with E-state index in [4.69, 9.17) is 4.74 Å². The van der Waals surface area contributed by atoms with E-state index >= 15 is 0 Å². The summed E-state index contributed by atoms with van der Waals surface area (Å²) in [7, 11) is 3.38. The lowest BCUT2D eigenvalue weighted by atomic mass is 10.1. The molecule has 5 nitrogen and oxygen atoms in total. The molecule has 6 heteroatoms. The number of carbonyl (C=O) groups is 1. The highest BCUT2D eigenvalue weighted by atomic mass is 32.1. The van der Waals surface area contributed by atoms with E-state index in [1.54, 1.807) is 20.4 Å². The second-order valence-electron chi connectivity index (χ2n) is 4.24. The van der Waals surface area contributed by atoms with Crippen LogP contribution in [0.15, 0.2) is 30.5 Å². The minimum atomic E-state index is -0.0853. The van der Waals surface area contributed by atoms with Gasteiger partial charge < -0.3 is 15.4 Å². The largest absolute Gasteiger partial charge is 0.497 e. The van der Waals surface area contributed by atoms with Crippen LogP contribution in [0.25, 0.3) is 0 Å². The van der Waals surface area contributed by atoms with Crippen LogP contribution in [0.1, 0.15) is 10.4 Å². The number of hydrogen-bond acceptors (Lipinski definition) is 5. The molecule has 0 saturated heterocycles.